The predicted octanol–water partition coefficient (Wildman–Crippen LogP) is 3.09. The number of hydrogen-bond acceptors (Lipinski definition) is 2. The van der Waals surface area contributed by atoms with E-state index in [9.17, 15) is 4.79 Å². The molecule has 1 unspecified atom stereocenters. The van der Waals surface area contributed by atoms with Gasteiger partial charge < -0.3 is 9.64 Å². The zero-order valence-corrected chi connectivity index (χ0v) is 11.9. The van der Waals surface area contributed by atoms with Crippen LogP contribution in [0.5, 0.6) is 0 Å². The van der Waals surface area contributed by atoms with E-state index in [2.05, 4.69) is 0 Å². The average molecular weight is 231 g/mol. The second-order valence-electron chi connectivity index (χ2n) is 3.19. The van der Waals surface area contributed by atoms with E-state index in [1.807, 2.05) is 39.5 Å². The molecule has 0 saturated carbocycles. The van der Waals surface area contributed by atoms with Crippen molar-refractivity contribution in [2.75, 3.05) is 20.3 Å². The Hall–Kier alpha value is -0.570. The summed E-state index contributed by atoms with van der Waals surface area (Å²) < 4.78 is 5.06. The van der Waals surface area contributed by atoms with Crippen LogP contribution >= 0.6 is 0 Å². The van der Waals surface area contributed by atoms with Gasteiger partial charge in [0, 0.05) is 20.1 Å². The minimum Gasteiger partial charge on any atom is -0.383 e. The van der Waals surface area contributed by atoms with Gasteiger partial charge in [0.05, 0.1) is 12.6 Å². The van der Waals surface area contributed by atoms with Crippen LogP contribution in [-0.4, -0.2) is 37.1 Å². The Kier molecular flexibility index (Phi) is 13.9. The summed E-state index contributed by atoms with van der Waals surface area (Å²) in [6, 6.07) is 0.336. The van der Waals surface area contributed by atoms with Crippen molar-refractivity contribution in [2.24, 2.45) is 0 Å². The first-order valence-electron chi connectivity index (χ1n) is 6.58. The van der Waals surface area contributed by atoms with Gasteiger partial charge in [0.15, 0.2) is 0 Å². The van der Waals surface area contributed by atoms with Gasteiger partial charge in [-0.3, -0.25) is 4.79 Å². The maximum Gasteiger partial charge on any atom is 0.222 e. The molecule has 16 heavy (non-hydrogen) atoms. The number of amides is 1. The topological polar surface area (TPSA) is 29.5 Å². The Morgan fingerprint density at radius 3 is 2.31 bits per heavy atom. The quantitative estimate of drug-likeness (QED) is 0.747. The lowest BCUT2D eigenvalue weighted by Gasteiger charge is -2.23. The molecule has 0 aromatic carbocycles. The van der Waals surface area contributed by atoms with E-state index in [1.54, 1.807) is 7.11 Å². The standard InChI is InChI=1S/C9H17NO2.2C2H6/c1-3-9(11)10-6-4-5-8(10)7-12-2;2*1-2/h8H,3-7H2,1-2H3;2*1-2H3. The van der Waals surface area contributed by atoms with Crippen LogP contribution in [0.1, 0.15) is 53.9 Å². The second-order valence-corrected chi connectivity index (χ2v) is 3.19. The monoisotopic (exact) mass is 231 g/mol. The molecule has 3 heteroatoms. The van der Waals surface area contributed by atoms with E-state index in [0.717, 1.165) is 19.4 Å². The highest BCUT2D eigenvalue weighted by Gasteiger charge is 2.26. The number of rotatable bonds is 3. The highest BCUT2D eigenvalue weighted by atomic mass is 16.5. The van der Waals surface area contributed by atoms with Crippen LogP contribution < -0.4 is 0 Å². The molecule has 0 bridgehead atoms. The van der Waals surface area contributed by atoms with Crippen LogP contribution in [0.2, 0.25) is 0 Å². The van der Waals surface area contributed by atoms with Gasteiger partial charge in [0.25, 0.3) is 0 Å². The molecule has 0 aliphatic carbocycles. The van der Waals surface area contributed by atoms with Crippen molar-refractivity contribution in [3.63, 3.8) is 0 Å². The summed E-state index contributed by atoms with van der Waals surface area (Å²) in [6.07, 6.45) is 2.83. The molecule has 1 amide bonds. The predicted molar refractivity (Wildman–Crippen MR) is 69.6 cm³/mol. The summed E-state index contributed by atoms with van der Waals surface area (Å²) in [7, 11) is 1.69. The lowest BCUT2D eigenvalue weighted by Crippen LogP contribution is -2.37. The first kappa shape index (κ1) is 17.8. The molecule has 1 aliphatic heterocycles. The fourth-order valence-corrected chi connectivity index (χ4v) is 1.73. The highest BCUT2D eigenvalue weighted by molar-refractivity contribution is 5.76. The molecule has 1 rings (SSSR count). The van der Waals surface area contributed by atoms with E-state index in [1.165, 1.54) is 0 Å². The van der Waals surface area contributed by atoms with Gasteiger partial charge in [-0.05, 0) is 12.8 Å². The van der Waals surface area contributed by atoms with E-state index in [-0.39, 0.29) is 5.91 Å². The maximum absolute atomic E-state index is 11.4. The van der Waals surface area contributed by atoms with Gasteiger partial charge >= 0.3 is 0 Å². The molecule has 1 fully saturated rings. The number of carbonyl (C=O) groups is 1. The van der Waals surface area contributed by atoms with Gasteiger partial charge in [0.2, 0.25) is 5.91 Å². The molecule has 1 heterocycles. The fourth-order valence-electron chi connectivity index (χ4n) is 1.73. The SMILES string of the molecule is CC.CC.CCC(=O)N1CCCC1COC. The van der Waals surface area contributed by atoms with Crippen LogP contribution in [-0.2, 0) is 9.53 Å². The number of carbonyl (C=O) groups excluding carboxylic acids is 1. The molecular formula is C13H29NO2. The van der Waals surface area contributed by atoms with E-state index >= 15 is 0 Å². The molecule has 1 aliphatic rings. The normalized spacial score (nSPS) is 18.1. The second kappa shape index (κ2) is 12.5. The minimum atomic E-state index is 0.259. The molecule has 0 aromatic heterocycles. The Morgan fingerprint density at radius 1 is 1.31 bits per heavy atom. The largest absolute Gasteiger partial charge is 0.383 e. The average Bonchev–Trinajstić information content (AvgIpc) is 2.82. The first-order chi connectivity index (χ1) is 7.79. The van der Waals surface area contributed by atoms with E-state index in [4.69, 9.17) is 4.74 Å². The van der Waals surface area contributed by atoms with Crippen LogP contribution in [0, 0.1) is 0 Å². The molecule has 98 valence electrons. The van der Waals surface area contributed by atoms with Crippen LogP contribution in [0.25, 0.3) is 0 Å². The zero-order chi connectivity index (χ0) is 13.0. The van der Waals surface area contributed by atoms with Crippen molar-refractivity contribution < 1.29 is 9.53 Å². The summed E-state index contributed by atoms with van der Waals surface area (Å²) >= 11 is 0. The molecule has 0 spiro atoms. The number of hydrogen-bond donors (Lipinski definition) is 0. The number of nitrogens with zero attached hydrogens (tertiary/aromatic N) is 1. The molecule has 0 aromatic rings. The summed E-state index contributed by atoms with van der Waals surface area (Å²) in [4.78, 5) is 13.3. The van der Waals surface area contributed by atoms with Crippen molar-refractivity contribution in [1.29, 1.82) is 0 Å². The third-order valence-corrected chi connectivity index (χ3v) is 2.36. The lowest BCUT2D eigenvalue weighted by atomic mass is 10.2. The van der Waals surface area contributed by atoms with Crippen molar-refractivity contribution >= 4 is 5.91 Å². The minimum absolute atomic E-state index is 0.259. The van der Waals surface area contributed by atoms with Crippen molar-refractivity contribution in [1.82, 2.24) is 4.90 Å². The van der Waals surface area contributed by atoms with Crippen LogP contribution in [0.4, 0.5) is 0 Å². The van der Waals surface area contributed by atoms with Gasteiger partial charge in [-0.1, -0.05) is 34.6 Å². The molecule has 1 saturated heterocycles. The molecular weight excluding hydrogens is 202 g/mol. The third-order valence-electron chi connectivity index (χ3n) is 2.36. The van der Waals surface area contributed by atoms with Crippen LogP contribution in [0.3, 0.4) is 0 Å². The van der Waals surface area contributed by atoms with E-state index < -0.39 is 0 Å². The first-order valence-corrected chi connectivity index (χ1v) is 6.58. The van der Waals surface area contributed by atoms with Crippen molar-refractivity contribution in [3.05, 3.63) is 0 Å². The third kappa shape index (κ3) is 6.11. The Labute approximate surface area is 101 Å². The Bertz CT molecular complexity index is 160. The number of methoxy groups -OCH3 is 1. The van der Waals surface area contributed by atoms with E-state index in [0.29, 0.717) is 19.1 Å². The fraction of sp³-hybridized carbons (Fsp3) is 0.923. The van der Waals surface area contributed by atoms with Gasteiger partial charge in [-0.15, -0.1) is 0 Å². The summed E-state index contributed by atoms with van der Waals surface area (Å²) in [6.45, 7) is 11.5. The van der Waals surface area contributed by atoms with Gasteiger partial charge in [0.1, 0.15) is 0 Å². The highest BCUT2D eigenvalue weighted by Crippen LogP contribution is 2.17. The summed E-state index contributed by atoms with van der Waals surface area (Å²) in [5, 5.41) is 0. The summed E-state index contributed by atoms with van der Waals surface area (Å²) in [5.41, 5.74) is 0. The smallest absolute Gasteiger partial charge is 0.222 e. The van der Waals surface area contributed by atoms with Crippen molar-refractivity contribution in [3.8, 4) is 0 Å². The number of likely N-dealkylation sites (tertiary alicyclic amines) is 1. The maximum atomic E-state index is 11.4. The molecule has 0 N–H and O–H groups in total. The molecule has 3 nitrogen and oxygen atoms in total. The molecule has 0 radical (unpaired) electrons. The Morgan fingerprint density at radius 2 is 1.88 bits per heavy atom. The zero-order valence-electron chi connectivity index (χ0n) is 11.9. The van der Waals surface area contributed by atoms with Crippen LogP contribution in [0.15, 0.2) is 0 Å². The van der Waals surface area contributed by atoms with Gasteiger partial charge in [-0.25, -0.2) is 0 Å². The lowest BCUT2D eigenvalue weighted by molar-refractivity contribution is -0.132. The molecule has 1 atom stereocenters. The summed E-state index contributed by atoms with van der Waals surface area (Å²) in [5.74, 6) is 0.259. The number of ether oxygens (including phenoxy) is 1. The van der Waals surface area contributed by atoms with Gasteiger partial charge in [-0.2, -0.15) is 0 Å². The van der Waals surface area contributed by atoms with Crippen molar-refractivity contribution in [2.45, 2.75) is 59.9 Å². The Balaban J connectivity index is 0.